The first-order valence-corrected chi connectivity index (χ1v) is 12.8. The van der Waals surface area contributed by atoms with Crippen molar-refractivity contribution in [2.45, 2.75) is 42.3 Å². The van der Waals surface area contributed by atoms with E-state index in [4.69, 9.17) is 11.6 Å². The standard InChI is InChI=1S/C31H30ClN3/c32-31-33-27(23-13-5-1-6-14-23)21-29(25-17-9-3-10-18-25)35(31)30(26-19-11-4-12-20-26)22-28(34-31)24-15-7-2-8-16-24/h1-20,27-30,33-34H,21-22H2. The quantitative estimate of drug-likeness (QED) is 0.241. The molecular weight excluding hydrogens is 450 g/mol. The molecule has 35 heavy (non-hydrogen) atoms. The van der Waals surface area contributed by atoms with Crippen molar-refractivity contribution in [1.82, 2.24) is 15.5 Å². The lowest BCUT2D eigenvalue weighted by Gasteiger charge is -2.59. The Morgan fingerprint density at radius 3 is 1.17 bits per heavy atom. The Morgan fingerprint density at radius 1 is 0.514 bits per heavy atom. The van der Waals surface area contributed by atoms with Crippen molar-refractivity contribution in [2.24, 2.45) is 0 Å². The second kappa shape index (κ2) is 9.60. The number of alkyl halides is 1. The number of nitrogens with one attached hydrogen (secondary N) is 2. The highest BCUT2D eigenvalue weighted by Gasteiger charge is 2.53. The van der Waals surface area contributed by atoms with Crippen molar-refractivity contribution in [3.8, 4) is 0 Å². The van der Waals surface area contributed by atoms with Crippen molar-refractivity contribution >= 4 is 11.6 Å². The first kappa shape index (κ1) is 22.5. The van der Waals surface area contributed by atoms with Crippen LogP contribution in [0.5, 0.6) is 0 Å². The zero-order valence-electron chi connectivity index (χ0n) is 19.6. The summed E-state index contributed by atoms with van der Waals surface area (Å²) in [5, 5.41) is 6.74. The number of fused-ring (bicyclic) bond motifs is 1. The monoisotopic (exact) mass is 479 g/mol. The van der Waals surface area contributed by atoms with E-state index in [-0.39, 0.29) is 24.2 Å². The molecule has 0 aromatic heterocycles. The second-order valence-corrected chi connectivity index (χ2v) is 10.1. The molecule has 2 N–H and O–H groups in total. The van der Waals surface area contributed by atoms with Crippen molar-refractivity contribution in [3.05, 3.63) is 144 Å². The van der Waals surface area contributed by atoms with E-state index in [1.165, 1.54) is 22.3 Å². The molecule has 4 heteroatoms. The van der Waals surface area contributed by atoms with Crippen LogP contribution in [-0.4, -0.2) is 10.1 Å². The summed E-state index contributed by atoms with van der Waals surface area (Å²) in [6.45, 7) is 0. The fourth-order valence-electron chi connectivity index (χ4n) is 5.84. The fraction of sp³-hybridized carbons (Fsp3) is 0.226. The van der Waals surface area contributed by atoms with Crippen LogP contribution in [0.15, 0.2) is 121 Å². The molecular formula is C31H30ClN3. The van der Waals surface area contributed by atoms with Crippen molar-refractivity contribution in [3.63, 3.8) is 0 Å². The minimum Gasteiger partial charge on any atom is -0.267 e. The van der Waals surface area contributed by atoms with Crippen LogP contribution >= 0.6 is 11.6 Å². The average Bonchev–Trinajstić information content (AvgIpc) is 2.93. The van der Waals surface area contributed by atoms with Gasteiger partial charge in [-0.3, -0.25) is 10.6 Å². The van der Waals surface area contributed by atoms with Gasteiger partial charge in [0.1, 0.15) is 0 Å². The summed E-state index contributed by atoms with van der Waals surface area (Å²) in [6.07, 6.45) is 1.87. The zero-order valence-corrected chi connectivity index (χ0v) is 20.4. The van der Waals surface area contributed by atoms with Crippen molar-refractivity contribution in [1.29, 1.82) is 0 Å². The molecule has 176 valence electrons. The van der Waals surface area contributed by atoms with Crippen LogP contribution in [0.4, 0.5) is 0 Å². The van der Waals surface area contributed by atoms with Gasteiger partial charge in [0.05, 0.1) is 0 Å². The molecule has 0 spiro atoms. The van der Waals surface area contributed by atoms with Crippen molar-refractivity contribution in [2.75, 3.05) is 0 Å². The van der Waals surface area contributed by atoms with E-state index in [9.17, 15) is 0 Å². The maximum atomic E-state index is 7.66. The second-order valence-electron chi connectivity index (χ2n) is 9.57. The third-order valence-electron chi connectivity index (χ3n) is 7.45. The van der Waals surface area contributed by atoms with E-state index < -0.39 is 5.25 Å². The molecule has 2 aliphatic heterocycles. The fourth-order valence-corrected chi connectivity index (χ4v) is 6.34. The summed E-state index contributed by atoms with van der Waals surface area (Å²) < 4.78 is 0. The summed E-state index contributed by atoms with van der Waals surface area (Å²) >= 11 is 7.66. The van der Waals surface area contributed by atoms with Crippen LogP contribution in [0.1, 0.15) is 59.3 Å². The highest BCUT2D eigenvalue weighted by molar-refractivity contribution is 6.23. The van der Waals surface area contributed by atoms with E-state index >= 15 is 0 Å². The Hall–Kier alpha value is -2.95. The molecule has 0 aliphatic carbocycles. The van der Waals surface area contributed by atoms with Crippen LogP contribution in [0.3, 0.4) is 0 Å². The molecule has 4 unspecified atom stereocenters. The zero-order chi connectivity index (χ0) is 23.7. The minimum atomic E-state index is -0.918. The van der Waals surface area contributed by atoms with Gasteiger partial charge in [0.25, 0.3) is 0 Å². The largest absolute Gasteiger partial charge is 0.267 e. The number of rotatable bonds is 4. The van der Waals surface area contributed by atoms with Crippen LogP contribution in [0.2, 0.25) is 0 Å². The van der Waals surface area contributed by atoms with Gasteiger partial charge in [-0.25, -0.2) is 4.90 Å². The van der Waals surface area contributed by atoms with E-state index in [1.807, 2.05) is 0 Å². The van der Waals surface area contributed by atoms with Crippen LogP contribution < -0.4 is 10.6 Å². The lowest BCUT2D eigenvalue weighted by atomic mass is 9.84. The van der Waals surface area contributed by atoms with Gasteiger partial charge in [-0.05, 0) is 35.1 Å². The van der Waals surface area contributed by atoms with Gasteiger partial charge < -0.3 is 0 Å². The van der Waals surface area contributed by atoms with Gasteiger partial charge >= 0.3 is 0 Å². The number of nitrogens with zero attached hydrogens (tertiary/aromatic N) is 1. The third kappa shape index (κ3) is 4.41. The van der Waals surface area contributed by atoms with E-state index in [0.29, 0.717) is 0 Å². The van der Waals surface area contributed by atoms with Gasteiger partial charge in [0.2, 0.25) is 5.25 Å². The Bertz CT molecular complexity index is 1140. The molecule has 0 amide bonds. The Morgan fingerprint density at radius 2 is 0.829 bits per heavy atom. The molecule has 0 bridgehead atoms. The maximum absolute atomic E-state index is 7.66. The van der Waals surface area contributed by atoms with Crippen LogP contribution in [-0.2, 0) is 0 Å². The summed E-state index contributed by atoms with van der Waals surface area (Å²) in [5.74, 6) is 0. The molecule has 6 rings (SSSR count). The predicted octanol–water partition coefficient (Wildman–Crippen LogP) is 7.09. The first-order chi connectivity index (χ1) is 17.2. The molecule has 4 atom stereocenters. The predicted molar refractivity (Wildman–Crippen MR) is 143 cm³/mol. The Labute approximate surface area is 212 Å². The third-order valence-corrected chi connectivity index (χ3v) is 7.86. The average molecular weight is 480 g/mol. The summed E-state index contributed by atoms with van der Waals surface area (Å²) in [7, 11) is 0. The molecule has 0 saturated carbocycles. The molecule has 2 fully saturated rings. The first-order valence-electron chi connectivity index (χ1n) is 12.4. The van der Waals surface area contributed by atoms with Gasteiger partial charge in [-0.1, -0.05) is 133 Å². The SMILES string of the molecule is ClC12NC(c3ccccc3)CC(c3ccccc3)N1C(c1ccccc1)CC(c1ccccc1)N2. The summed E-state index contributed by atoms with van der Waals surface area (Å²) in [5.41, 5.74) is 5.10. The Kier molecular flexibility index (Phi) is 6.17. The van der Waals surface area contributed by atoms with E-state index in [1.54, 1.807) is 0 Å². The van der Waals surface area contributed by atoms with Gasteiger partial charge in [-0.15, -0.1) is 0 Å². The normalized spacial score (nSPS) is 28.8. The van der Waals surface area contributed by atoms with Gasteiger partial charge in [0.15, 0.2) is 0 Å². The van der Waals surface area contributed by atoms with E-state index in [0.717, 1.165) is 12.8 Å². The molecule has 0 radical (unpaired) electrons. The number of benzene rings is 4. The topological polar surface area (TPSA) is 27.3 Å². The van der Waals surface area contributed by atoms with Crippen LogP contribution in [0, 0.1) is 0 Å². The number of hydrogen-bond acceptors (Lipinski definition) is 3. The number of hydrogen-bond donors (Lipinski definition) is 2. The van der Waals surface area contributed by atoms with E-state index in [2.05, 4.69) is 137 Å². The minimum absolute atomic E-state index is 0.119. The summed E-state index contributed by atoms with van der Waals surface area (Å²) in [6, 6.07) is 43.5. The molecule has 3 nitrogen and oxygen atoms in total. The van der Waals surface area contributed by atoms with Crippen LogP contribution in [0.25, 0.3) is 0 Å². The van der Waals surface area contributed by atoms with Gasteiger partial charge in [-0.2, -0.15) is 0 Å². The highest BCUT2D eigenvalue weighted by atomic mass is 35.5. The molecule has 2 saturated heterocycles. The highest BCUT2D eigenvalue weighted by Crippen LogP contribution is 2.51. The molecule has 2 aliphatic rings. The molecule has 4 aromatic rings. The van der Waals surface area contributed by atoms with Crippen molar-refractivity contribution < 1.29 is 0 Å². The Balaban J connectivity index is 1.48. The smallest absolute Gasteiger partial charge is 0.207 e. The van der Waals surface area contributed by atoms with Gasteiger partial charge in [0, 0.05) is 24.2 Å². The lowest BCUT2D eigenvalue weighted by molar-refractivity contribution is -0.0801. The molecule has 2 heterocycles. The lowest BCUT2D eigenvalue weighted by Crippen LogP contribution is -2.72. The molecule has 4 aromatic carbocycles. The number of halogens is 1. The maximum Gasteiger partial charge on any atom is 0.207 e. The summed E-state index contributed by atoms with van der Waals surface area (Å²) in [4.78, 5) is 2.47.